The van der Waals surface area contributed by atoms with Crippen LogP contribution in [-0.2, 0) is 7.05 Å². The average Bonchev–Trinajstić information content (AvgIpc) is 2.90. The molecule has 0 aliphatic rings. The van der Waals surface area contributed by atoms with Crippen LogP contribution < -0.4 is 16.3 Å². The monoisotopic (exact) mass is 389 g/mol. The van der Waals surface area contributed by atoms with E-state index in [9.17, 15) is 14.4 Å². The Bertz CT molecular complexity index is 1010. The van der Waals surface area contributed by atoms with Gasteiger partial charge in [-0.15, -0.1) is 0 Å². The topological polar surface area (TPSA) is 93.3 Å². The minimum Gasteiger partial charge on any atom is -0.451 e. The standard InChI is InChI=1S/C16H12BrN3O4/c1-20-8-9(17)6-11(20)15(22)18-19-16(23)14-7-12(21)10-4-2-3-5-13(10)24-14/h2-8H,1H3,(H,18,22)(H,19,23). The largest absolute Gasteiger partial charge is 0.451 e. The minimum atomic E-state index is -0.723. The van der Waals surface area contributed by atoms with Crippen molar-refractivity contribution in [1.29, 1.82) is 0 Å². The lowest BCUT2D eigenvalue weighted by atomic mass is 10.2. The maximum absolute atomic E-state index is 12.1. The Kier molecular flexibility index (Phi) is 4.22. The van der Waals surface area contributed by atoms with Crippen LogP contribution in [0.15, 0.2) is 56.3 Å². The van der Waals surface area contributed by atoms with Crippen LogP contribution in [0.5, 0.6) is 0 Å². The van der Waals surface area contributed by atoms with Crippen LogP contribution in [0.4, 0.5) is 0 Å². The third-order valence-electron chi connectivity index (χ3n) is 3.35. The van der Waals surface area contributed by atoms with Gasteiger partial charge in [0.2, 0.25) is 0 Å². The number of aromatic nitrogens is 1. The van der Waals surface area contributed by atoms with Crippen molar-refractivity contribution in [3.05, 3.63) is 68.7 Å². The number of hydrogen-bond donors (Lipinski definition) is 2. The van der Waals surface area contributed by atoms with E-state index in [1.54, 1.807) is 48.1 Å². The summed E-state index contributed by atoms with van der Waals surface area (Å²) in [5.41, 5.74) is 4.82. The Balaban J connectivity index is 1.77. The molecular formula is C16H12BrN3O4. The van der Waals surface area contributed by atoms with Crippen molar-refractivity contribution in [2.45, 2.75) is 0 Å². The van der Waals surface area contributed by atoms with Gasteiger partial charge in [-0.25, -0.2) is 0 Å². The van der Waals surface area contributed by atoms with Gasteiger partial charge in [-0.05, 0) is 34.1 Å². The van der Waals surface area contributed by atoms with Crippen LogP contribution >= 0.6 is 15.9 Å². The van der Waals surface area contributed by atoms with E-state index in [1.165, 1.54) is 0 Å². The second-order valence-electron chi connectivity index (χ2n) is 5.03. The summed E-state index contributed by atoms with van der Waals surface area (Å²) in [6, 6.07) is 9.30. The molecule has 24 heavy (non-hydrogen) atoms. The first kappa shape index (κ1) is 16.0. The van der Waals surface area contributed by atoms with Crippen molar-refractivity contribution in [3.63, 3.8) is 0 Å². The Morgan fingerprint density at radius 3 is 2.54 bits per heavy atom. The summed E-state index contributed by atoms with van der Waals surface area (Å²) in [6.07, 6.45) is 1.71. The van der Waals surface area contributed by atoms with Gasteiger partial charge in [-0.1, -0.05) is 12.1 Å². The van der Waals surface area contributed by atoms with E-state index in [-0.39, 0.29) is 11.2 Å². The summed E-state index contributed by atoms with van der Waals surface area (Å²) < 4.78 is 7.73. The summed E-state index contributed by atoms with van der Waals surface area (Å²) >= 11 is 3.26. The quantitative estimate of drug-likeness (QED) is 0.655. The molecule has 7 nitrogen and oxygen atoms in total. The second-order valence-corrected chi connectivity index (χ2v) is 5.95. The van der Waals surface area contributed by atoms with Crippen molar-refractivity contribution in [1.82, 2.24) is 15.4 Å². The fourth-order valence-corrected chi connectivity index (χ4v) is 2.73. The summed E-state index contributed by atoms with van der Waals surface area (Å²) in [6.45, 7) is 0. The number of nitrogens with one attached hydrogen (secondary N) is 2. The SMILES string of the molecule is Cn1cc(Br)cc1C(=O)NNC(=O)c1cc(=O)c2ccccc2o1. The van der Waals surface area contributed by atoms with Gasteiger partial charge in [-0.2, -0.15) is 0 Å². The number of nitrogens with zero attached hydrogens (tertiary/aromatic N) is 1. The van der Waals surface area contributed by atoms with Crippen molar-refractivity contribution >= 4 is 38.7 Å². The summed E-state index contributed by atoms with van der Waals surface area (Å²) in [5.74, 6) is -1.41. The van der Waals surface area contributed by atoms with Gasteiger partial charge < -0.3 is 8.98 Å². The van der Waals surface area contributed by atoms with Crippen LogP contribution in [-0.4, -0.2) is 16.4 Å². The third-order valence-corrected chi connectivity index (χ3v) is 3.79. The van der Waals surface area contributed by atoms with Crippen LogP contribution in [0, 0.1) is 0 Å². The molecule has 0 saturated heterocycles. The molecule has 0 spiro atoms. The first-order valence-corrected chi connectivity index (χ1v) is 7.70. The highest BCUT2D eigenvalue weighted by Crippen LogP contribution is 2.13. The highest BCUT2D eigenvalue weighted by Gasteiger charge is 2.15. The van der Waals surface area contributed by atoms with Crippen molar-refractivity contribution in [3.8, 4) is 0 Å². The molecule has 0 unspecified atom stereocenters. The molecule has 122 valence electrons. The number of amides is 2. The van der Waals surface area contributed by atoms with Gasteiger partial charge in [0.15, 0.2) is 11.2 Å². The molecule has 0 aliphatic heterocycles. The third kappa shape index (κ3) is 3.09. The van der Waals surface area contributed by atoms with E-state index in [4.69, 9.17) is 4.42 Å². The van der Waals surface area contributed by atoms with Crippen LogP contribution in [0.1, 0.15) is 21.0 Å². The molecule has 0 aliphatic carbocycles. The van der Waals surface area contributed by atoms with Gasteiger partial charge in [0.25, 0.3) is 5.91 Å². The van der Waals surface area contributed by atoms with E-state index in [2.05, 4.69) is 26.8 Å². The lowest BCUT2D eigenvalue weighted by molar-refractivity contribution is 0.0827. The van der Waals surface area contributed by atoms with Gasteiger partial charge in [-0.3, -0.25) is 25.2 Å². The number of halogens is 1. The summed E-state index contributed by atoms with van der Waals surface area (Å²) in [7, 11) is 1.70. The van der Waals surface area contributed by atoms with E-state index in [0.717, 1.165) is 10.5 Å². The molecule has 8 heteroatoms. The molecule has 0 atom stereocenters. The molecule has 0 radical (unpaired) electrons. The number of benzene rings is 1. The number of para-hydroxylation sites is 1. The zero-order chi connectivity index (χ0) is 17.3. The Hall–Kier alpha value is -2.87. The minimum absolute atomic E-state index is 0.188. The van der Waals surface area contributed by atoms with Crippen molar-refractivity contribution in [2.24, 2.45) is 7.05 Å². The fraction of sp³-hybridized carbons (Fsp3) is 0.0625. The Morgan fingerprint density at radius 2 is 1.83 bits per heavy atom. The lowest BCUT2D eigenvalue weighted by Gasteiger charge is -2.07. The number of hydrazine groups is 1. The normalized spacial score (nSPS) is 10.6. The number of carbonyl (C=O) groups excluding carboxylic acids is 2. The number of hydrogen-bond acceptors (Lipinski definition) is 4. The molecular weight excluding hydrogens is 378 g/mol. The van der Waals surface area contributed by atoms with Crippen molar-refractivity contribution < 1.29 is 14.0 Å². The van der Waals surface area contributed by atoms with E-state index >= 15 is 0 Å². The molecule has 0 saturated carbocycles. The predicted molar refractivity (Wildman–Crippen MR) is 90.5 cm³/mol. The second kappa shape index (κ2) is 6.32. The maximum Gasteiger partial charge on any atom is 0.305 e. The van der Waals surface area contributed by atoms with Crippen LogP contribution in [0.2, 0.25) is 0 Å². The number of rotatable bonds is 2. The van der Waals surface area contributed by atoms with E-state index in [1.807, 2.05) is 0 Å². The zero-order valence-electron chi connectivity index (χ0n) is 12.5. The maximum atomic E-state index is 12.1. The molecule has 2 aromatic heterocycles. The first-order chi connectivity index (χ1) is 11.5. The molecule has 3 rings (SSSR count). The number of aryl methyl sites for hydroxylation is 1. The van der Waals surface area contributed by atoms with Crippen molar-refractivity contribution in [2.75, 3.05) is 0 Å². The van der Waals surface area contributed by atoms with E-state index in [0.29, 0.717) is 16.7 Å². The molecule has 1 aromatic carbocycles. The highest BCUT2D eigenvalue weighted by atomic mass is 79.9. The fourth-order valence-electron chi connectivity index (χ4n) is 2.20. The summed E-state index contributed by atoms with van der Waals surface area (Å²) in [4.78, 5) is 36.1. The van der Waals surface area contributed by atoms with Gasteiger partial charge in [0.1, 0.15) is 11.3 Å². The molecule has 2 heterocycles. The molecule has 3 aromatic rings. The van der Waals surface area contributed by atoms with Crippen LogP contribution in [0.25, 0.3) is 11.0 Å². The average molecular weight is 390 g/mol. The molecule has 0 fully saturated rings. The first-order valence-electron chi connectivity index (χ1n) is 6.91. The number of fused-ring (bicyclic) bond motifs is 1. The molecule has 2 N–H and O–H groups in total. The smallest absolute Gasteiger partial charge is 0.305 e. The highest BCUT2D eigenvalue weighted by molar-refractivity contribution is 9.10. The predicted octanol–water partition coefficient (Wildman–Crippen LogP) is 1.97. The van der Waals surface area contributed by atoms with Crippen LogP contribution in [0.3, 0.4) is 0 Å². The van der Waals surface area contributed by atoms with Gasteiger partial charge in [0, 0.05) is 23.8 Å². The Morgan fingerprint density at radius 1 is 1.12 bits per heavy atom. The lowest BCUT2D eigenvalue weighted by Crippen LogP contribution is -2.42. The molecule has 2 amide bonds. The zero-order valence-corrected chi connectivity index (χ0v) is 14.1. The van der Waals surface area contributed by atoms with E-state index < -0.39 is 11.8 Å². The Labute approximate surface area is 144 Å². The van der Waals surface area contributed by atoms with Gasteiger partial charge >= 0.3 is 5.91 Å². The number of carbonyl (C=O) groups is 2. The van der Waals surface area contributed by atoms with Gasteiger partial charge in [0.05, 0.1) is 5.39 Å². The molecule has 0 bridgehead atoms. The summed E-state index contributed by atoms with van der Waals surface area (Å²) in [5, 5.41) is 0.381.